The quantitative estimate of drug-likeness (QED) is 0.742. The van der Waals surface area contributed by atoms with Gasteiger partial charge in [0.25, 0.3) is 0 Å². The van der Waals surface area contributed by atoms with E-state index in [-0.39, 0.29) is 0 Å². The Balaban J connectivity index is 1.58. The van der Waals surface area contributed by atoms with Gasteiger partial charge in [0.1, 0.15) is 0 Å². The van der Waals surface area contributed by atoms with Gasteiger partial charge in [0.2, 0.25) is 0 Å². The van der Waals surface area contributed by atoms with Crippen molar-refractivity contribution in [2.24, 2.45) is 5.92 Å². The van der Waals surface area contributed by atoms with Crippen molar-refractivity contribution in [2.75, 3.05) is 13.1 Å². The zero-order valence-corrected chi connectivity index (χ0v) is 11.3. The van der Waals surface area contributed by atoms with E-state index in [1.165, 1.54) is 64.5 Å². The summed E-state index contributed by atoms with van der Waals surface area (Å²) in [5, 5.41) is 4.04. The Bertz CT molecular complexity index is 253. The highest BCUT2D eigenvalue weighted by Crippen LogP contribution is 2.30. The molecule has 2 aliphatic heterocycles. The molecule has 0 aromatic carbocycles. The van der Waals surface area contributed by atoms with Gasteiger partial charge in [-0.05, 0) is 44.6 Å². The molecule has 0 aromatic heterocycles. The van der Waals surface area contributed by atoms with Crippen molar-refractivity contribution in [2.45, 2.75) is 76.4 Å². The number of rotatable bonds is 2. The molecule has 0 aromatic rings. The third-order valence-electron chi connectivity index (χ3n) is 5.40. The van der Waals surface area contributed by atoms with Crippen LogP contribution < -0.4 is 5.32 Å². The molecule has 2 saturated heterocycles. The normalized spacial score (nSPS) is 43.6. The molecular weight excluding hydrogens is 208 g/mol. The van der Waals surface area contributed by atoms with Gasteiger partial charge in [-0.3, -0.25) is 4.90 Å². The fourth-order valence-corrected chi connectivity index (χ4v) is 4.29. The van der Waals surface area contributed by atoms with Gasteiger partial charge in [0.05, 0.1) is 0 Å². The van der Waals surface area contributed by atoms with Crippen molar-refractivity contribution in [3.63, 3.8) is 0 Å². The Morgan fingerprint density at radius 2 is 1.71 bits per heavy atom. The first kappa shape index (κ1) is 12.0. The Kier molecular flexibility index (Phi) is 3.72. The van der Waals surface area contributed by atoms with Gasteiger partial charge in [0.15, 0.2) is 0 Å². The van der Waals surface area contributed by atoms with Gasteiger partial charge >= 0.3 is 0 Å². The molecule has 0 spiro atoms. The number of hydrogen-bond donors (Lipinski definition) is 1. The van der Waals surface area contributed by atoms with Crippen LogP contribution in [0.3, 0.4) is 0 Å². The highest BCUT2D eigenvalue weighted by Gasteiger charge is 2.38. The highest BCUT2D eigenvalue weighted by molar-refractivity contribution is 4.97. The summed E-state index contributed by atoms with van der Waals surface area (Å²) >= 11 is 0. The predicted molar refractivity (Wildman–Crippen MR) is 72.2 cm³/mol. The van der Waals surface area contributed by atoms with Crippen molar-refractivity contribution in [3.05, 3.63) is 0 Å². The molecule has 98 valence electrons. The lowest BCUT2D eigenvalue weighted by molar-refractivity contribution is 0.262. The second kappa shape index (κ2) is 5.27. The summed E-state index contributed by atoms with van der Waals surface area (Å²) in [4.78, 5) is 2.72. The summed E-state index contributed by atoms with van der Waals surface area (Å²) in [6, 6.07) is 2.50. The average Bonchev–Trinajstić information content (AvgIpc) is 2.85. The number of fused-ring (bicyclic) bond motifs is 1. The van der Waals surface area contributed by atoms with Gasteiger partial charge in [0, 0.05) is 24.7 Å². The van der Waals surface area contributed by atoms with Crippen molar-refractivity contribution < 1.29 is 0 Å². The minimum Gasteiger partial charge on any atom is -0.309 e. The Morgan fingerprint density at radius 1 is 0.824 bits per heavy atom. The maximum atomic E-state index is 4.04. The maximum Gasteiger partial charge on any atom is 0.0250 e. The fourth-order valence-electron chi connectivity index (χ4n) is 4.29. The lowest BCUT2D eigenvalue weighted by atomic mass is 9.94. The number of nitrogens with zero attached hydrogens (tertiary/aromatic N) is 1. The standard InChI is InChI=1S/C15H28N2/c1-12-6-3-2-4-7-13(12)16-14-9-11-17-10-5-8-15(14)17/h12-16H,2-11H2,1H3. The van der Waals surface area contributed by atoms with E-state index in [2.05, 4.69) is 17.1 Å². The molecule has 1 saturated carbocycles. The molecule has 0 bridgehead atoms. The zero-order chi connectivity index (χ0) is 11.7. The van der Waals surface area contributed by atoms with Crippen molar-refractivity contribution in [3.8, 4) is 0 Å². The monoisotopic (exact) mass is 236 g/mol. The lowest BCUT2D eigenvalue weighted by Gasteiger charge is -2.30. The van der Waals surface area contributed by atoms with Crippen molar-refractivity contribution in [1.82, 2.24) is 10.2 Å². The van der Waals surface area contributed by atoms with Gasteiger partial charge in [-0.1, -0.05) is 26.2 Å². The van der Waals surface area contributed by atoms with Crippen LogP contribution in [0.4, 0.5) is 0 Å². The molecule has 2 nitrogen and oxygen atoms in total. The van der Waals surface area contributed by atoms with Crippen LogP contribution in [0.15, 0.2) is 0 Å². The molecule has 1 N–H and O–H groups in total. The van der Waals surface area contributed by atoms with Gasteiger partial charge < -0.3 is 5.32 Å². The van der Waals surface area contributed by atoms with E-state index in [4.69, 9.17) is 0 Å². The molecule has 3 aliphatic rings. The first-order valence-corrected chi connectivity index (χ1v) is 7.85. The van der Waals surface area contributed by atoms with Gasteiger partial charge in [-0.25, -0.2) is 0 Å². The second-order valence-electron chi connectivity index (χ2n) is 6.53. The summed E-state index contributed by atoms with van der Waals surface area (Å²) in [5.74, 6) is 0.896. The van der Waals surface area contributed by atoms with Crippen molar-refractivity contribution >= 4 is 0 Å². The van der Waals surface area contributed by atoms with E-state index in [9.17, 15) is 0 Å². The third kappa shape index (κ3) is 2.53. The van der Waals surface area contributed by atoms with E-state index < -0.39 is 0 Å². The molecule has 1 aliphatic carbocycles. The molecule has 0 amide bonds. The summed E-state index contributed by atoms with van der Waals surface area (Å²) in [6.07, 6.45) is 11.5. The lowest BCUT2D eigenvalue weighted by Crippen LogP contribution is -2.46. The smallest absolute Gasteiger partial charge is 0.0250 e. The summed E-state index contributed by atoms with van der Waals surface area (Å²) in [6.45, 7) is 5.18. The van der Waals surface area contributed by atoms with Crippen LogP contribution in [-0.2, 0) is 0 Å². The molecule has 17 heavy (non-hydrogen) atoms. The number of hydrogen-bond acceptors (Lipinski definition) is 2. The van der Waals surface area contributed by atoms with E-state index >= 15 is 0 Å². The SMILES string of the molecule is CC1CCCCCC1NC1CCN2CCCC12. The molecule has 3 fully saturated rings. The van der Waals surface area contributed by atoms with Gasteiger partial charge in [-0.2, -0.15) is 0 Å². The number of nitrogens with one attached hydrogen (secondary N) is 1. The molecule has 4 unspecified atom stereocenters. The molecule has 4 atom stereocenters. The first-order chi connectivity index (χ1) is 8.34. The van der Waals surface area contributed by atoms with Crippen molar-refractivity contribution in [1.29, 1.82) is 0 Å². The first-order valence-electron chi connectivity index (χ1n) is 7.85. The van der Waals surface area contributed by atoms with E-state index in [0.717, 1.165) is 24.0 Å². The van der Waals surface area contributed by atoms with Crippen LogP contribution >= 0.6 is 0 Å². The third-order valence-corrected chi connectivity index (χ3v) is 5.40. The average molecular weight is 236 g/mol. The molecule has 2 heteroatoms. The zero-order valence-electron chi connectivity index (χ0n) is 11.3. The minimum atomic E-state index is 0.808. The second-order valence-corrected chi connectivity index (χ2v) is 6.53. The van der Waals surface area contributed by atoms with E-state index in [1.54, 1.807) is 0 Å². The largest absolute Gasteiger partial charge is 0.309 e. The van der Waals surface area contributed by atoms with Crippen LogP contribution in [0, 0.1) is 5.92 Å². The summed E-state index contributed by atoms with van der Waals surface area (Å²) < 4.78 is 0. The fraction of sp³-hybridized carbons (Fsp3) is 1.00. The summed E-state index contributed by atoms with van der Waals surface area (Å²) in [7, 11) is 0. The van der Waals surface area contributed by atoms with Crippen LogP contribution in [0.1, 0.15) is 58.3 Å². The Labute approximate surface area is 106 Å². The molecule has 0 radical (unpaired) electrons. The minimum absolute atomic E-state index is 0.808. The van der Waals surface area contributed by atoms with Crippen LogP contribution in [0.5, 0.6) is 0 Å². The predicted octanol–water partition coefficient (Wildman–Crippen LogP) is 2.78. The molecular formula is C15H28N2. The van der Waals surface area contributed by atoms with Crippen LogP contribution in [-0.4, -0.2) is 36.1 Å². The van der Waals surface area contributed by atoms with Gasteiger partial charge in [-0.15, -0.1) is 0 Å². The Hall–Kier alpha value is -0.0800. The topological polar surface area (TPSA) is 15.3 Å². The molecule has 2 heterocycles. The Morgan fingerprint density at radius 3 is 2.65 bits per heavy atom. The highest BCUT2D eigenvalue weighted by atomic mass is 15.2. The van der Waals surface area contributed by atoms with Crippen LogP contribution in [0.2, 0.25) is 0 Å². The van der Waals surface area contributed by atoms with Crippen LogP contribution in [0.25, 0.3) is 0 Å². The maximum absolute atomic E-state index is 4.04. The summed E-state index contributed by atoms with van der Waals surface area (Å²) in [5.41, 5.74) is 0. The van der Waals surface area contributed by atoms with E-state index in [1.807, 2.05) is 0 Å². The molecule has 3 rings (SSSR count). The van der Waals surface area contributed by atoms with E-state index in [0.29, 0.717) is 0 Å².